The van der Waals surface area contributed by atoms with E-state index in [1.807, 2.05) is 54.6 Å². The maximum absolute atomic E-state index is 13.1. The van der Waals surface area contributed by atoms with Crippen molar-refractivity contribution in [1.82, 2.24) is 10.2 Å². The van der Waals surface area contributed by atoms with Gasteiger partial charge in [-0.05, 0) is 103 Å². The van der Waals surface area contributed by atoms with Crippen LogP contribution in [0.2, 0.25) is 0 Å². The smallest absolute Gasteiger partial charge is 0.255 e. The molecule has 1 unspecified atom stereocenters. The van der Waals surface area contributed by atoms with Crippen LogP contribution < -0.4 is 14.8 Å². The molecule has 0 aliphatic carbocycles. The lowest BCUT2D eigenvalue weighted by Crippen LogP contribution is -2.52. The first-order chi connectivity index (χ1) is 22.3. The van der Waals surface area contributed by atoms with Gasteiger partial charge in [0.05, 0.1) is 11.5 Å². The topological polar surface area (TPSA) is 84.9 Å². The number of hydrogen-bond acceptors (Lipinski definition) is 6. The number of nitrogens with zero attached hydrogens (tertiary/aromatic N) is 1. The summed E-state index contributed by atoms with van der Waals surface area (Å²) in [5.74, 6) is 1.50. The van der Waals surface area contributed by atoms with Crippen molar-refractivity contribution < 1.29 is 23.9 Å². The molecule has 9 heteroatoms. The average Bonchev–Trinajstić information content (AvgIpc) is 3.57. The molecule has 0 bridgehead atoms. The van der Waals surface area contributed by atoms with Gasteiger partial charge in [-0.1, -0.05) is 46.3 Å². The second-order valence-electron chi connectivity index (χ2n) is 11.6. The lowest BCUT2D eigenvalue weighted by atomic mass is 10.00. The summed E-state index contributed by atoms with van der Waals surface area (Å²) in [6.07, 6.45) is 2.10. The Labute approximate surface area is 279 Å². The number of halogens is 1. The van der Waals surface area contributed by atoms with Gasteiger partial charge in [-0.2, -0.15) is 0 Å². The number of carbonyl (C=O) groups excluding carboxylic acids is 3. The van der Waals surface area contributed by atoms with Crippen LogP contribution in [0.3, 0.4) is 0 Å². The maximum atomic E-state index is 13.1. The molecule has 3 heterocycles. The average molecular weight is 696 g/mol. The first kappa shape index (κ1) is 30.2. The Morgan fingerprint density at radius 1 is 0.957 bits per heavy atom. The number of hydrogen-bond donors (Lipinski definition) is 1. The normalized spacial score (nSPS) is 16.1. The lowest BCUT2D eigenvalue weighted by Gasteiger charge is -2.29. The van der Waals surface area contributed by atoms with Crippen molar-refractivity contribution in [2.75, 3.05) is 6.61 Å². The zero-order chi connectivity index (χ0) is 31.8. The summed E-state index contributed by atoms with van der Waals surface area (Å²) in [4.78, 5) is 39.8. The third-order valence-corrected chi connectivity index (χ3v) is 10.2. The zero-order valence-corrected chi connectivity index (χ0v) is 27.6. The summed E-state index contributed by atoms with van der Waals surface area (Å²) in [5.41, 5.74) is 4.98. The predicted molar refractivity (Wildman–Crippen MR) is 183 cm³/mol. The Bertz CT molecular complexity index is 1970. The Hall–Kier alpha value is -4.47. The van der Waals surface area contributed by atoms with Crippen LogP contribution in [0.1, 0.15) is 46.3 Å². The molecule has 1 N–H and O–H groups in total. The summed E-state index contributed by atoms with van der Waals surface area (Å²) >= 11 is 5.26. The van der Waals surface area contributed by atoms with Crippen LogP contribution >= 0.6 is 27.3 Å². The van der Waals surface area contributed by atoms with Crippen LogP contribution in [0.4, 0.5) is 0 Å². The number of piperidine rings is 1. The Morgan fingerprint density at radius 3 is 2.52 bits per heavy atom. The van der Waals surface area contributed by atoms with Crippen LogP contribution in [0.5, 0.6) is 17.2 Å². The zero-order valence-electron chi connectivity index (χ0n) is 25.2. The quantitative estimate of drug-likeness (QED) is 0.124. The number of fused-ring (bicyclic) bond motifs is 2. The number of nitrogens with one attached hydrogen (secondary N) is 1. The fourth-order valence-electron chi connectivity index (χ4n) is 6.13. The van der Waals surface area contributed by atoms with Gasteiger partial charge in [-0.25, -0.2) is 0 Å². The lowest BCUT2D eigenvalue weighted by molar-refractivity contribution is -0.136. The molecular weight excluding hydrogens is 664 g/mol. The van der Waals surface area contributed by atoms with Crippen LogP contribution in [0.25, 0.3) is 20.5 Å². The van der Waals surface area contributed by atoms with Crippen molar-refractivity contribution in [1.29, 1.82) is 0 Å². The van der Waals surface area contributed by atoms with Crippen LogP contribution in [0, 0.1) is 6.92 Å². The van der Waals surface area contributed by atoms with E-state index in [0.717, 1.165) is 61.5 Å². The standard InChI is InChI=1S/C37H31BrN2O5S/c1-22-7-16-29-32(20-22)46-35(24-8-10-25(38)11-9-24)34(29)45-27-14-12-26(13-15-27)44-19-3-5-23-4-2-6-28-30(23)21-40(37(28)43)31-17-18-33(41)39-36(31)42/h2,4,6-16,20,31H,3,5,17-19,21H2,1H3,(H,39,41,42). The highest BCUT2D eigenvalue weighted by molar-refractivity contribution is 9.10. The molecule has 3 amide bonds. The molecule has 1 aromatic heterocycles. The van der Waals surface area contributed by atoms with E-state index in [0.29, 0.717) is 25.1 Å². The van der Waals surface area contributed by atoms with Crippen molar-refractivity contribution in [3.8, 4) is 27.7 Å². The van der Waals surface area contributed by atoms with Crippen molar-refractivity contribution in [3.63, 3.8) is 0 Å². The van der Waals surface area contributed by atoms with Gasteiger partial charge in [0.15, 0.2) is 5.75 Å². The van der Waals surface area contributed by atoms with E-state index < -0.39 is 11.9 Å². The van der Waals surface area contributed by atoms with Crippen LogP contribution in [-0.4, -0.2) is 35.3 Å². The highest BCUT2D eigenvalue weighted by atomic mass is 79.9. The predicted octanol–water partition coefficient (Wildman–Crippen LogP) is 8.20. The van der Waals surface area contributed by atoms with Crippen LogP contribution in [0.15, 0.2) is 89.4 Å². The molecule has 0 radical (unpaired) electrons. The summed E-state index contributed by atoms with van der Waals surface area (Å²) < 4.78 is 14.8. The molecule has 1 atom stereocenters. The van der Waals surface area contributed by atoms with Gasteiger partial charge < -0.3 is 14.4 Å². The minimum atomic E-state index is -0.615. The SMILES string of the molecule is Cc1ccc2c(Oc3ccc(OCCCc4cccc5c4CN(C4CCC(=O)NC4=O)C5=O)cc3)c(-c3ccc(Br)cc3)sc2c1. The van der Waals surface area contributed by atoms with Gasteiger partial charge in [0.2, 0.25) is 11.8 Å². The number of thiophene rings is 1. The molecule has 0 spiro atoms. The maximum Gasteiger partial charge on any atom is 0.255 e. The Balaban J connectivity index is 0.987. The monoisotopic (exact) mass is 694 g/mol. The number of imide groups is 1. The number of ether oxygens (including phenoxy) is 2. The van der Waals surface area contributed by atoms with Crippen molar-refractivity contribution in [2.45, 2.75) is 45.2 Å². The second kappa shape index (κ2) is 12.7. The summed E-state index contributed by atoms with van der Waals surface area (Å²) in [6.45, 7) is 2.99. The van der Waals surface area contributed by atoms with Crippen LogP contribution in [-0.2, 0) is 22.6 Å². The van der Waals surface area contributed by atoms with Gasteiger partial charge in [0.1, 0.15) is 17.5 Å². The molecule has 2 aliphatic heterocycles. The van der Waals surface area contributed by atoms with Crippen molar-refractivity contribution in [3.05, 3.63) is 112 Å². The van der Waals surface area contributed by atoms with E-state index in [-0.39, 0.29) is 18.2 Å². The number of aryl methyl sites for hydroxylation is 2. The van der Waals surface area contributed by atoms with E-state index in [9.17, 15) is 14.4 Å². The first-order valence-corrected chi connectivity index (χ1v) is 16.9. The van der Waals surface area contributed by atoms with E-state index in [1.54, 1.807) is 16.2 Å². The number of carbonyl (C=O) groups is 3. The molecule has 7 nitrogen and oxygen atoms in total. The Morgan fingerprint density at radius 2 is 1.74 bits per heavy atom. The summed E-state index contributed by atoms with van der Waals surface area (Å²) in [7, 11) is 0. The minimum Gasteiger partial charge on any atom is -0.494 e. The van der Waals surface area contributed by atoms with Gasteiger partial charge in [0.25, 0.3) is 5.91 Å². The number of amides is 3. The minimum absolute atomic E-state index is 0.153. The van der Waals surface area contributed by atoms with Gasteiger partial charge >= 0.3 is 0 Å². The molecule has 1 fully saturated rings. The molecule has 7 rings (SSSR count). The van der Waals surface area contributed by atoms with E-state index >= 15 is 0 Å². The molecule has 1 saturated heterocycles. The summed E-state index contributed by atoms with van der Waals surface area (Å²) in [6, 6.07) is 27.5. The highest BCUT2D eigenvalue weighted by Gasteiger charge is 2.39. The molecule has 0 saturated carbocycles. The largest absolute Gasteiger partial charge is 0.494 e. The third kappa shape index (κ3) is 6.04. The van der Waals surface area contributed by atoms with Crippen molar-refractivity contribution in [2.24, 2.45) is 0 Å². The molecular formula is C37H31BrN2O5S. The molecule has 232 valence electrons. The second-order valence-corrected chi connectivity index (χ2v) is 13.6. The third-order valence-electron chi connectivity index (χ3n) is 8.49. The number of rotatable bonds is 9. The molecule has 46 heavy (non-hydrogen) atoms. The first-order valence-electron chi connectivity index (χ1n) is 15.3. The molecule has 4 aromatic carbocycles. The fourth-order valence-corrected chi connectivity index (χ4v) is 7.63. The highest BCUT2D eigenvalue weighted by Crippen LogP contribution is 2.46. The van der Waals surface area contributed by atoms with Gasteiger partial charge in [-0.3, -0.25) is 19.7 Å². The molecule has 5 aromatic rings. The van der Waals surface area contributed by atoms with E-state index in [2.05, 4.69) is 58.5 Å². The Kier molecular flexibility index (Phi) is 8.36. The van der Waals surface area contributed by atoms with Gasteiger partial charge in [0, 0.05) is 33.1 Å². The van der Waals surface area contributed by atoms with Gasteiger partial charge in [-0.15, -0.1) is 11.3 Å². The molecule has 2 aliphatic rings. The summed E-state index contributed by atoms with van der Waals surface area (Å²) in [5, 5.41) is 3.45. The van der Waals surface area contributed by atoms with E-state index in [4.69, 9.17) is 9.47 Å². The number of benzene rings is 4. The van der Waals surface area contributed by atoms with Crippen molar-refractivity contribution >= 4 is 55.1 Å². The van der Waals surface area contributed by atoms with E-state index in [1.165, 1.54) is 10.3 Å². The fraction of sp³-hybridized carbons (Fsp3) is 0.216.